The van der Waals surface area contributed by atoms with Gasteiger partial charge >= 0.3 is 0 Å². The van der Waals surface area contributed by atoms with Crippen molar-refractivity contribution < 1.29 is 4.42 Å². The summed E-state index contributed by atoms with van der Waals surface area (Å²) < 4.78 is 6.95. The first-order chi connectivity index (χ1) is 29.0. The highest BCUT2D eigenvalue weighted by Gasteiger charge is 2.38. The lowest BCUT2D eigenvalue weighted by molar-refractivity contribution is 0.660. The van der Waals surface area contributed by atoms with Gasteiger partial charge in [-0.15, -0.1) is 0 Å². The van der Waals surface area contributed by atoms with Crippen LogP contribution < -0.4 is 4.90 Å². The Morgan fingerprint density at radius 3 is 1.75 bits per heavy atom. The molecule has 10 aromatic carbocycles. The third-order valence-corrected chi connectivity index (χ3v) is 12.9. The summed E-state index contributed by atoms with van der Waals surface area (Å²) in [4.78, 5) is 2.48. The Labute approximate surface area is 343 Å². The predicted molar refractivity (Wildman–Crippen MR) is 249 cm³/mol. The van der Waals surface area contributed by atoms with Gasteiger partial charge in [0.15, 0.2) is 0 Å². The number of fused-ring (bicyclic) bond motifs is 11. The molecule has 0 saturated heterocycles. The predicted octanol–water partition coefficient (Wildman–Crippen LogP) is 16.2. The van der Waals surface area contributed by atoms with Gasteiger partial charge in [-0.1, -0.05) is 184 Å². The maximum Gasteiger partial charge on any atom is 0.143 e. The van der Waals surface area contributed by atoms with Crippen molar-refractivity contribution >= 4 is 71.3 Å². The first-order valence-corrected chi connectivity index (χ1v) is 20.5. The Balaban J connectivity index is 1.09. The van der Waals surface area contributed by atoms with E-state index in [0.717, 1.165) is 55.5 Å². The standard InChI is InChI=1S/C57H39NO/c1-57(2)50-24-9-7-19-49(50)54-51(57)25-13-27-53(54)58(39-32-28-38(29-33-39)41-20-11-21-43-40-16-5-3-14-36(40)30-34-44(41)43)52-26-10-8-18-45(52)46-22-12-23-47-48-35-31-37-15-4-6-17-42(37)55(48)59-56(46)47/h3-35H,1-2H3. The van der Waals surface area contributed by atoms with Crippen molar-refractivity contribution in [1.29, 1.82) is 0 Å². The third-order valence-electron chi connectivity index (χ3n) is 12.9. The lowest BCUT2D eigenvalue weighted by Crippen LogP contribution is -2.16. The van der Waals surface area contributed by atoms with E-state index in [-0.39, 0.29) is 5.41 Å². The van der Waals surface area contributed by atoms with Gasteiger partial charge in [-0.3, -0.25) is 0 Å². The molecule has 1 aromatic heterocycles. The second kappa shape index (κ2) is 12.8. The quantitative estimate of drug-likeness (QED) is 0.163. The first kappa shape index (κ1) is 33.7. The minimum Gasteiger partial charge on any atom is -0.455 e. The molecule has 0 saturated carbocycles. The molecule has 0 spiro atoms. The van der Waals surface area contributed by atoms with Crippen molar-refractivity contribution in [3.05, 3.63) is 211 Å². The maximum absolute atomic E-state index is 6.95. The van der Waals surface area contributed by atoms with Gasteiger partial charge in [0.05, 0.1) is 11.4 Å². The average Bonchev–Trinajstić information content (AvgIpc) is 3.79. The Morgan fingerprint density at radius 2 is 0.915 bits per heavy atom. The van der Waals surface area contributed by atoms with Crippen LogP contribution >= 0.6 is 0 Å². The maximum atomic E-state index is 6.95. The monoisotopic (exact) mass is 753 g/mol. The van der Waals surface area contributed by atoms with Gasteiger partial charge in [0.1, 0.15) is 11.2 Å². The van der Waals surface area contributed by atoms with Crippen LogP contribution in [-0.4, -0.2) is 0 Å². The minimum atomic E-state index is -0.141. The molecule has 0 amide bonds. The van der Waals surface area contributed by atoms with Crippen LogP contribution in [0.3, 0.4) is 0 Å². The van der Waals surface area contributed by atoms with E-state index in [1.807, 2.05) is 0 Å². The van der Waals surface area contributed by atoms with Crippen LogP contribution in [0.5, 0.6) is 0 Å². The zero-order chi connectivity index (χ0) is 39.2. The Hall–Kier alpha value is -7.42. The second-order valence-corrected chi connectivity index (χ2v) is 16.4. The summed E-state index contributed by atoms with van der Waals surface area (Å²) >= 11 is 0. The molecule has 2 heteroatoms. The van der Waals surface area contributed by atoms with Gasteiger partial charge in [0.2, 0.25) is 0 Å². The summed E-state index contributed by atoms with van der Waals surface area (Å²) in [5, 5.41) is 9.62. The number of hydrogen-bond acceptors (Lipinski definition) is 2. The Morgan fingerprint density at radius 1 is 0.356 bits per heavy atom. The fraction of sp³-hybridized carbons (Fsp3) is 0.0526. The van der Waals surface area contributed by atoms with Gasteiger partial charge in [-0.25, -0.2) is 0 Å². The van der Waals surface area contributed by atoms with Crippen molar-refractivity contribution in [2.75, 3.05) is 4.90 Å². The van der Waals surface area contributed by atoms with E-state index in [1.54, 1.807) is 0 Å². The summed E-state index contributed by atoms with van der Waals surface area (Å²) in [5.74, 6) is 0. The number of hydrogen-bond donors (Lipinski definition) is 0. The van der Waals surface area contributed by atoms with Crippen LogP contribution in [0, 0.1) is 0 Å². The van der Waals surface area contributed by atoms with E-state index in [9.17, 15) is 0 Å². The molecule has 0 N–H and O–H groups in total. The highest BCUT2D eigenvalue weighted by Crippen LogP contribution is 2.55. The largest absolute Gasteiger partial charge is 0.455 e. The summed E-state index contributed by atoms with van der Waals surface area (Å²) in [7, 11) is 0. The SMILES string of the molecule is CC1(C)c2ccccc2-c2c(N(c3ccc(-c4cccc5c4ccc4ccccc45)cc3)c3ccccc3-c3cccc4c3oc3c5ccccc5ccc43)cccc21. The molecule has 0 fully saturated rings. The summed E-state index contributed by atoms with van der Waals surface area (Å²) in [5.41, 5.74) is 14.9. The van der Waals surface area contributed by atoms with Crippen LogP contribution in [0.15, 0.2) is 205 Å². The van der Waals surface area contributed by atoms with Crippen molar-refractivity contribution in [2.24, 2.45) is 0 Å². The molecule has 278 valence electrons. The van der Waals surface area contributed by atoms with Crippen molar-refractivity contribution in [2.45, 2.75) is 19.3 Å². The Kier molecular flexibility index (Phi) is 7.31. The number of furan rings is 1. The highest BCUT2D eigenvalue weighted by molar-refractivity contribution is 6.18. The van der Waals surface area contributed by atoms with Gasteiger partial charge in [0, 0.05) is 44.0 Å². The normalized spacial score (nSPS) is 13.1. The zero-order valence-electron chi connectivity index (χ0n) is 32.9. The molecule has 1 aliphatic carbocycles. The number of anilines is 3. The van der Waals surface area contributed by atoms with Crippen molar-refractivity contribution in [3.63, 3.8) is 0 Å². The molecule has 0 radical (unpaired) electrons. The molecule has 59 heavy (non-hydrogen) atoms. The zero-order valence-corrected chi connectivity index (χ0v) is 32.9. The molecule has 11 aromatic rings. The van der Waals surface area contributed by atoms with E-state index in [4.69, 9.17) is 4.42 Å². The molecule has 0 bridgehead atoms. The molecule has 0 unspecified atom stereocenters. The molecule has 0 aliphatic heterocycles. The fourth-order valence-corrected chi connectivity index (χ4v) is 10.0. The Bertz CT molecular complexity index is 3480. The van der Waals surface area contributed by atoms with Crippen LogP contribution in [0.1, 0.15) is 25.0 Å². The van der Waals surface area contributed by atoms with Gasteiger partial charge in [-0.2, -0.15) is 0 Å². The lowest BCUT2D eigenvalue weighted by atomic mass is 9.82. The summed E-state index contributed by atoms with van der Waals surface area (Å²) in [6, 6.07) is 73.1. The fourth-order valence-electron chi connectivity index (χ4n) is 10.0. The molecule has 1 heterocycles. The van der Waals surface area contributed by atoms with Gasteiger partial charge in [-0.05, 0) is 85.1 Å². The molecular weight excluding hydrogens is 715 g/mol. The van der Waals surface area contributed by atoms with E-state index < -0.39 is 0 Å². The third kappa shape index (κ3) is 5.00. The number of para-hydroxylation sites is 2. The van der Waals surface area contributed by atoms with Gasteiger partial charge in [0.25, 0.3) is 0 Å². The smallest absolute Gasteiger partial charge is 0.143 e. The molecule has 0 atom stereocenters. The molecule has 2 nitrogen and oxygen atoms in total. The first-order valence-electron chi connectivity index (χ1n) is 20.5. The topological polar surface area (TPSA) is 16.4 Å². The van der Waals surface area contributed by atoms with Crippen LogP contribution in [0.4, 0.5) is 17.1 Å². The van der Waals surface area contributed by atoms with Gasteiger partial charge < -0.3 is 9.32 Å². The minimum absolute atomic E-state index is 0.141. The number of nitrogens with zero attached hydrogens (tertiary/aromatic N) is 1. The molecule has 12 rings (SSSR count). The van der Waals surface area contributed by atoms with Crippen LogP contribution in [0.25, 0.3) is 87.6 Å². The molecule has 1 aliphatic rings. The highest BCUT2D eigenvalue weighted by atomic mass is 16.3. The van der Waals surface area contributed by atoms with E-state index in [0.29, 0.717) is 0 Å². The number of rotatable bonds is 5. The van der Waals surface area contributed by atoms with Crippen LogP contribution in [0.2, 0.25) is 0 Å². The van der Waals surface area contributed by atoms with Crippen LogP contribution in [-0.2, 0) is 5.41 Å². The van der Waals surface area contributed by atoms with Crippen molar-refractivity contribution in [1.82, 2.24) is 0 Å². The lowest BCUT2D eigenvalue weighted by Gasteiger charge is -2.30. The molecular formula is C57H39NO. The van der Waals surface area contributed by atoms with E-state index >= 15 is 0 Å². The average molecular weight is 754 g/mol. The second-order valence-electron chi connectivity index (χ2n) is 16.4. The summed E-state index contributed by atoms with van der Waals surface area (Å²) in [6.45, 7) is 4.71. The van der Waals surface area contributed by atoms with Crippen molar-refractivity contribution in [3.8, 4) is 33.4 Å². The van der Waals surface area contributed by atoms with E-state index in [2.05, 4.69) is 219 Å². The summed E-state index contributed by atoms with van der Waals surface area (Å²) in [6.07, 6.45) is 0. The van der Waals surface area contributed by atoms with E-state index in [1.165, 1.54) is 60.3 Å². The number of benzene rings is 10.